The Balaban J connectivity index is -0.0000000579. The van der Waals surface area contributed by atoms with Crippen LogP contribution in [0.25, 0.3) is 0 Å². The van der Waals surface area contributed by atoms with E-state index in [1.54, 1.807) is 0 Å². The zero-order valence-corrected chi connectivity index (χ0v) is 27.3. The van der Waals surface area contributed by atoms with E-state index in [-0.39, 0.29) is 150 Å². The minimum absolute atomic E-state index is 0. The van der Waals surface area contributed by atoms with Crippen molar-refractivity contribution in [1.82, 2.24) is 0 Å². The molecule has 11 nitrogen and oxygen atoms in total. The minimum Gasteiger partial charge on any atom is -1.00 e. The van der Waals surface area contributed by atoms with Crippen molar-refractivity contribution in [3.8, 4) is 0 Å². The van der Waals surface area contributed by atoms with Gasteiger partial charge in [-0.25, -0.2) is 0 Å². The van der Waals surface area contributed by atoms with Crippen molar-refractivity contribution in [2.75, 3.05) is 13.2 Å². The number of hydrogen-bond acceptors (Lipinski definition) is 11. The van der Waals surface area contributed by atoms with Crippen molar-refractivity contribution in [2.24, 2.45) is 0 Å². The van der Waals surface area contributed by atoms with E-state index >= 15 is 0 Å². The van der Waals surface area contributed by atoms with E-state index in [1.165, 1.54) is 0 Å². The molecule has 0 unspecified atom stereocenters. The van der Waals surface area contributed by atoms with Crippen LogP contribution in [0.5, 0.6) is 0 Å². The number of benzene rings is 1. The van der Waals surface area contributed by atoms with Gasteiger partial charge in [-0.1, -0.05) is 30.3 Å². The molecule has 162 valence electrons. The molecule has 0 atom stereocenters. The van der Waals surface area contributed by atoms with Crippen LogP contribution in [0, 0.1) is 0 Å². The van der Waals surface area contributed by atoms with Crippen molar-refractivity contribution in [2.45, 2.75) is 31.2 Å². The van der Waals surface area contributed by atoms with Crippen LogP contribution in [-0.4, -0.2) is 68.4 Å². The first-order valence-corrected chi connectivity index (χ1v) is 7.40. The second kappa shape index (κ2) is 30.8. The Morgan fingerprint density at radius 2 is 1.16 bits per heavy atom. The first-order valence-electron chi connectivity index (χ1n) is 7.40. The first-order chi connectivity index (χ1) is 12.5. The van der Waals surface area contributed by atoms with Gasteiger partial charge >= 0.3 is 118 Å². The summed E-state index contributed by atoms with van der Waals surface area (Å²) < 4.78 is 0. The number of carbonyl (C=O) groups excluding carboxylic acids is 3. The van der Waals surface area contributed by atoms with Gasteiger partial charge in [0.05, 0.1) is 25.8 Å². The normalized spacial score (nSPS) is 8.56. The Hall–Kier alpha value is 1.72. The van der Waals surface area contributed by atoms with Gasteiger partial charge in [-0.3, -0.25) is 0 Å². The molecule has 1 aromatic rings. The van der Waals surface area contributed by atoms with Crippen LogP contribution in [0.15, 0.2) is 30.3 Å². The second-order valence-electron chi connectivity index (χ2n) is 5.08. The summed E-state index contributed by atoms with van der Waals surface area (Å²) in [6.45, 7) is -0.589. The van der Waals surface area contributed by atoms with E-state index in [9.17, 15) is 29.7 Å². The summed E-state index contributed by atoms with van der Waals surface area (Å²) in [6.07, 6.45) is -3.67. The Morgan fingerprint density at radius 3 is 1.31 bits per heavy atom. The van der Waals surface area contributed by atoms with Gasteiger partial charge in [0.15, 0.2) is 0 Å². The van der Waals surface area contributed by atoms with Gasteiger partial charge in [-0.15, -0.1) is 0 Å². The standard InChI is InChI=1S/C7H8O.C6H8O7.C3H8O3.ClH.4Na/c8-6-7-4-2-1-3-5-7;7-3(8)1-6(13,5(11)12)2-4(9)10;4-1-3(6)2-5;;;;;/h1-5,8H,6H2;13H,1-2H2,(H,7,8)(H,9,10)(H,11,12);3-6H,1-2H2;1H;;;;/q;;;;4*+1/p-4. The topological polar surface area (TPSA) is 222 Å². The Bertz CT molecular complexity index is 562. The molecule has 1 aromatic carbocycles. The third-order valence-corrected chi connectivity index (χ3v) is 2.70. The van der Waals surface area contributed by atoms with Crippen molar-refractivity contribution < 1.29 is 186 Å². The Morgan fingerprint density at radius 1 is 0.812 bits per heavy atom. The van der Waals surface area contributed by atoms with E-state index < -0.39 is 42.5 Å². The summed E-state index contributed by atoms with van der Waals surface area (Å²) >= 11 is 0. The third-order valence-electron chi connectivity index (χ3n) is 2.70. The number of carboxylic acid groups (broad SMARTS) is 3. The van der Waals surface area contributed by atoms with Crippen molar-refractivity contribution in [3.63, 3.8) is 0 Å². The smallest absolute Gasteiger partial charge is 1.00 e. The van der Waals surface area contributed by atoms with Gasteiger partial charge in [-0.2, -0.15) is 0 Å². The summed E-state index contributed by atoms with van der Waals surface area (Å²) in [5.41, 5.74) is -2.01. The van der Waals surface area contributed by atoms with Crippen LogP contribution in [-0.2, 0) is 21.0 Å². The first kappa shape index (κ1) is 50.6. The molecular formula is C16H21ClNa4O11. The molecule has 0 radical (unpaired) electrons. The summed E-state index contributed by atoms with van der Waals surface area (Å²) in [6, 6.07) is 9.52. The average molecular weight is 517 g/mol. The van der Waals surface area contributed by atoms with Crippen LogP contribution in [0.3, 0.4) is 0 Å². The number of aliphatic carboxylic acids is 3. The predicted octanol–water partition coefficient (Wildman–Crippen LogP) is -20.7. The molecule has 0 saturated heterocycles. The Labute approximate surface area is 280 Å². The molecule has 0 spiro atoms. The fraction of sp³-hybridized carbons (Fsp3) is 0.438. The van der Waals surface area contributed by atoms with Crippen LogP contribution >= 0.6 is 0 Å². The van der Waals surface area contributed by atoms with Gasteiger partial charge in [0.2, 0.25) is 0 Å². The molecule has 32 heavy (non-hydrogen) atoms. The van der Waals surface area contributed by atoms with Gasteiger partial charge in [0.25, 0.3) is 0 Å². The second-order valence-corrected chi connectivity index (χ2v) is 5.08. The summed E-state index contributed by atoms with van der Waals surface area (Å²) in [4.78, 5) is 30.0. The maximum Gasteiger partial charge on any atom is 1.00 e. The monoisotopic (exact) mass is 516 g/mol. The maximum atomic E-state index is 10.1. The molecule has 16 heteroatoms. The molecule has 0 aliphatic rings. The van der Waals surface area contributed by atoms with Crippen molar-refractivity contribution in [1.29, 1.82) is 0 Å². The SMILES string of the molecule is O=C([O-])CC(O)(CC(=O)[O-])C(=O)[O-].OCC(O)CO.OCc1ccccc1.[Cl-].[Na+].[Na+].[Na+].[Na+]. The number of carboxylic acids is 3. The number of hydrogen-bond donors (Lipinski definition) is 5. The van der Waals surface area contributed by atoms with E-state index in [2.05, 4.69) is 0 Å². The number of aliphatic hydroxyl groups is 5. The van der Waals surface area contributed by atoms with E-state index in [0.717, 1.165) is 5.56 Å². The molecule has 5 N–H and O–H groups in total. The molecule has 1 rings (SSSR count). The van der Waals surface area contributed by atoms with Crippen LogP contribution in [0.4, 0.5) is 0 Å². The zero-order chi connectivity index (χ0) is 21.5. The largest absolute Gasteiger partial charge is 1.00 e. The fourth-order valence-electron chi connectivity index (χ4n) is 1.33. The predicted molar refractivity (Wildman–Crippen MR) is 81.7 cm³/mol. The van der Waals surface area contributed by atoms with E-state index in [1.807, 2.05) is 30.3 Å². The molecule has 0 saturated carbocycles. The molecule has 0 amide bonds. The molecule has 0 aliphatic carbocycles. The summed E-state index contributed by atoms with van der Waals surface area (Å²) in [7, 11) is 0. The number of carbonyl (C=O) groups is 3. The fourth-order valence-corrected chi connectivity index (χ4v) is 1.33. The molecule has 0 heterocycles. The van der Waals surface area contributed by atoms with Gasteiger partial charge in [-0.05, 0) is 5.56 Å². The summed E-state index contributed by atoms with van der Waals surface area (Å²) in [5, 5.41) is 71.5. The number of rotatable bonds is 8. The minimum atomic E-state index is -2.97. The maximum absolute atomic E-state index is 10.1. The van der Waals surface area contributed by atoms with Gasteiger partial charge in [0, 0.05) is 24.8 Å². The third kappa shape index (κ3) is 29.8. The number of halogens is 1. The van der Waals surface area contributed by atoms with Gasteiger partial charge in [0.1, 0.15) is 11.7 Å². The van der Waals surface area contributed by atoms with Crippen LogP contribution < -0.4 is 146 Å². The molecule has 0 fully saturated rings. The number of aliphatic hydroxyl groups excluding tert-OH is 4. The van der Waals surface area contributed by atoms with Gasteiger partial charge < -0.3 is 67.6 Å². The molecular weight excluding hydrogens is 496 g/mol. The zero-order valence-electron chi connectivity index (χ0n) is 18.6. The van der Waals surface area contributed by atoms with Crippen LogP contribution in [0.2, 0.25) is 0 Å². The molecule has 0 aliphatic heterocycles. The molecule has 0 aromatic heterocycles. The van der Waals surface area contributed by atoms with Crippen LogP contribution in [0.1, 0.15) is 18.4 Å². The van der Waals surface area contributed by atoms with Crippen molar-refractivity contribution >= 4 is 17.9 Å². The Kier molecular flexibility index (Phi) is 48.6. The van der Waals surface area contributed by atoms with E-state index in [4.69, 9.17) is 25.5 Å². The quantitative estimate of drug-likeness (QED) is 0.204. The molecule has 0 bridgehead atoms. The van der Waals surface area contributed by atoms with Crippen molar-refractivity contribution in [3.05, 3.63) is 35.9 Å². The summed E-state index contributed by atoms with van der Waals surface area (Å²) in [5.74, 6) is -5.98. The average Bonchev–Trinajstić information content (AvgIpc) is 2.61. The van der Waals surface area contributed by atoms with E-state index in [0.29, 0.717) is 0 Å².